The summed E-state index contributed by atoms with van der Waals surface area (Å²) in [5, 5.41) is 18.1. The number of halogens is 3. The van der Waals surface area contributed by atoms with Gasteiger partial charge in [-0.2, -0.15) is 5.26 Å². The molecule has 2 aromatic rings. The van der Waals surface area contributed by atoms with Crippen LogP contribution in [0, 0.1) is 23.0 Å². The molecule has 1 amide bonds. The van der Waals surface area contributed by atoms with Crippen molar-refractivity contribution >= 4 is 29.2 Å². The summed E-state index contributed by atoms with van der Waals surface area (Å²) in [7, 11) is 0. The number of hydrogen-bond donors (Lipinski definition) is 1. The number of nitrogens with zero attached hydrogens (tertiary/aromatic N) is 4. The van der Waals surface area contributed by atoms with Crippen LogP contribution < -0.4 is 4.90 Å². The molecule has 7 nitrogen and oxygen atoms in total. The van der Waals surface area contributed by atoms with Crippen LogP contribution in [0.15, 0.2) is 18.5 Å². The first kappa shape index (κ1) is 21.5. The van der Waals surface area contributed by atoms with Crippen molar-refractivity contribution in [1.82, 2.24) is 9.97 Å². The van der Waals surface area contributed by atoms with E-state index in [1.54, 1.807) is 20.8 Å². The second-order valence-corrected chi connectivity index (χ2v) is 7.01. The van der Waals surface area contributed by atoms with Crippen LogP contribution in [0.4, 0.5) is 25.1 Å². The van der Waals surface area contributed by atoms with E-state index in [4.69, 9.17) is 21.6 Å². The molecule has 0 spiro atoms. The van der Waals surface area contributed by atoms with E-state index in [1.807, 2.05) is 0 Å². The molecule has 0 aliphatic heterocycles. The SMILES string of the molecule is CC(C)(C)OC(=O)N(c1cc(F)c(C#N)cc1F)c1ncnc(Cl)c1CCO. The van der Waals surface area contributed by atoms with Gasteiger partial charge >= 0.3 is 6.09 Å². The van der Waals surface area contributed by atoms with Crippen LogP contribution in [0.3, 0.4) is 0 Å². The Labute approximate surface area is 165 Å². The van der Waals surface area contributed by atoms with E-state index < -0.39 is 34.6 Å². The maximum Gasteiger partial charge on any atom is 0.420 e. The number of hydrogen-bond acceptors (Lipinski definition) is 6. The molecule has 0 saturated carbocycles. The van der Waals surface area contributed by atoms with Gasteiger partial charge in [0.1, 0.15) is 34.8 Å². The van der Waals surface area contributed by atoms with Gasteiger partial charge in [-0.3, -0.25) is 0 Å². The van der Waals surface area contributed by atoms with Gasteiger partial charge in [0.05, 0.1) is 11.3 Å². The van der Waals surface area contributed by atoms with Crippen molar-refractivity contribution in [2.24, 2.45) is 0 Å². The lowest BCUT2D eigenvalue weighted by molar-refractivity contribution is 0.0596. The third-order valence-corrected chi connectivity index (χ3v) is 3.74. The highest BCUT2D eigenvalue weighted by atomic mass is 35.5. The van der Waals surface area contributed by atoms with Gasteiger partial charge in [0, 0.05) is 24.7 Å². The number of benzene rings is 1. The standard InChI is InChI=1S/C18H17ClF2N4O3/c1-18(2,3)28-17(27)25(14-7-12(20)10(8-22)6-13(14)21)16-11(4-5-26)15(19)23-9-24-16/h6-7,9,26H,4-5H2,1-3H3. The maximum atomic E-state index is 14.7. The van der Waals surface area contributed by atoms with Crippen LogP contribution in [-0.2, 0) is 11.2 Å². The highest BCUT2D eigenvalue weighted by Crippen LogP contribution is 2.34. The van der Waals surface area contributed by atoms with E-state index >= 15 is 0 Å². The highest BCUT2D eigenvalue weighted by Gasteiger charge is 2.31. The Balaban J connectivity index is 2.74. The molecule has 148 valence electrons. The Morgan fingerprint density at radius 3 is 2.57 bits per heavy atom. The molecule has 0 fully saturated rings. The van der Waals surface area contributed by atoms with Crippen molar-refractivity contribution in [1.29, 1.82) is 5.26 Å². The number of aliphatic hydroxyl groups is 1. The zero-order valence-electron chi connectivity index (χ0n) is 15.3. The van der Waals surface area contributed by atoms with Crippen molar-refractivity contribution in [2.75, 3.05) is 11.5 Å². The quantitative estimate of drug-likeness (QED) is 0.767. The van der Waals surface area contributed by atoms with Crippen LogP contribution in [0.5, 0.6) is 0 Å². The molecule has 28 heavy (non-hydrogen) atoms. The topological polar surface area (TPSA) is 99.3 Å². The van der Waals surface area contributed by atoms with Gasteiger partial charge in [-0.15, -0.1) is 0 Å². The summed E-state index contributed by atoms with van der Waals surface area (Å²) in [6.07, 6.45) is -0.0628. The second kappa shape index (κ2) is 8.46. The van der Waals surface area contributed by atoms with Crippen molar-refractivity contribution in [3.8, 4) is 6.07 Å². The smallest absolute Gasteiger partial charge is 0.420 e. The van der Waals surface area contributed by atoms with E-state index in [2.05, 4.69) is 9.97 Å². The summed E-state index contributed by atoms with van der Waals surface area (Å²) in [5.74, 6) is -2.25. The van der Waals surface area contributed by atoms with Gasteiger partial charge in [-0.05, 0) is 26.8 Å². The molecular formula is C18H17ClF2N4O3. The van der Waals surface area contributed by atoms with Crippen molar-refractivity contribution < 1.29 is 23.4 Å². The van der Waals surface area contributed by atoms with Crippen molar-refractivity contribution in [3.63, 3.8) is 0 Å². The number of ether oxygens (including phenoxy) is 1. The fourth-order valence-corrected chi connectivity index (χ4v) is 2.52. The van der Waals surface area contributed by atoms with E-state index in [1.165, 1.54) is 6.07 Å². The first-order chi connectivity index (χ1) is 13.1. The van der Waals surface area contributed by atoms with Gasteiger partial charge in [-0.25, -0.2) is 28.4 Å². The predicted molar refractivity (Wildman–Crippen MR) is 97.3 cm³/mol. The van der Waals surface area contributed by atoms with Gasteiger partial charge < -0.3 is 9.84 Å². The minimum Gasteiger partial charge on any atom is -0.443 e. The molecule has 0 aliphatic rings. The number of aliphatic hydroxyl groups excluding tert-OH is 1. The fourth-order valence-electron chi connectivity index (χ4n) is 2.30. The molecule has 1 heterocycles. The number of carbonyl (C=O) groups is 1. The average Bonchev–Trinajstić information content (AvgIpc) is 2.59. The monoisotopic (exact) mass is 410 g/mol. The molecule has 0 radical (unpaired) electrons. The Morgan fingerprint density at radius 2 is 2.00 bits per heavy atom. The lowest BCUT2D eigenvalue weighted by Gasteiger charge is -2.28. The molecular weight excluding hydrogens is 394 g/mol. The summed E-state index contributed by atoms with van der Waals surface area (Å²) in [6.45, 7) is 4.44. The maximum absolute atomic E-state index is 14.7. The average molecular weight is 411 g/mol. The molecule has 10 heteroatoms. The molecule has 0 unspecified atom stereocenters. The molecule has 0 saturated heterocycles. The number of aromatic nitrogens is 2. The van der Waals surface area contributed by atoms with E-state index in [9.17, 15) is 18.7 Å². The van der Waals surface area contributed by atoms with Crippen molar-refractivity contribution in [3.05, 3.63) is 46.4 Å². The number of amides is 1. The molecule has 0 bridgehead atoms. The highest BCUT2D eigenvalue weighted by molar-refractivity contribution is 6.30. The van der Waals surface area contributed by atoms with Gasteiger partial charge in [-0.1, -0.05) is 11.6 Å². The summed E-state index contributed by atoms with van der Waals surface area (Å²) in [6, 6.07) is 2.88. The van der Waals surface area contributed by atoms with Gasteiger partial charge in [0.15, 0.2) is 5.82 Å². The van der Waals surface area contributed by atoms with E-state index in [0.717, 1.165) is 6.33 Å². The van der Waals surface area contributed by atoms with Gasteiger partial charge in [0.2, 0.25) is 0 Å². The molecule has 0 aliphatic carbocycles. The zero-order valence-corrected chi connectivity index (χ0v) is 16.1. The molecule has 1 N–H and O–H groups in total. The van der Waals surface area contributed by atoms with Crippen LogP contribution in [0.2, 0.25) is 5.15 Å². The molecule has 1 aromatic heterocycles. The fraction of sp³-hybridized carbons (Fsp3) is 0.333. The zero-order chi connectivity index (χ0) is 21.1. The molecule has 0 atom stereocenters. The Kier molecular flexibility index (Phi) is 6.48. The van der Waals surface area contributed by atoms with Gasteiger partial charge in [0.25, 0.3) is 0 Å². The first-order valence-corrected chi connectivity index (χ1v) is 8.49. The minimum absolute atomic E-state index is 0.0469. The molecule has 1 aromatic carbocycles. The first-order valence-electron chi connectivity index (χ1n) is 8.11. The third-order valence-electron chi connectivity index (χ3n) is 3.42. The number of anilines is 2. The Morgan fingerprint density at radius 1 is 1.32 bits per heavy atom. The predicted octanol–water partition coefficient (Wildman–Crippen LogP) is 3.89. The largest absolute Gasteiger partial charge is 0.443 e. The summed E-state index contributed by atoms with van der Waals surface area (Å²) in [4.78, 5) is 21.3. The summed E-state index contributed by atoms with van der Waals surface area (Å²) < 4.78 is 34.1. The summed E-state index contributed by atoms with van der Waals surface area (Å²) >= 11 is 6.04. The summed E-state index contributed by atoms with van der Waals surface area (Å²) in [5.41, 5.74) is -1.87. The Hall–Kier alpha value is -2.83. The lowest BCUT2D eigenvalue weighted by Crippen LogP contribution is -2.35. The lowest BCUT2D eigenvalue weighted by atomic mass is 10.1. The number of carbonyl (C=O) groups excluding carboxylic acids is 1. The van der Waals surface area contributed by atoms with Crippen LogP contribution in [0.25, 0.3) is 0 Å². The molecule has 2 rings (SSSR count). The second-order valence-electron chi connectivity index (χ2n) is 6.65. The third kappa shape index (κ3) is 4.71. The van der Waals surface area contributed by atoms with Crippen LogP contribution in [0.1, 0.15) is 31.9 Å². The van der Waals surface area contributed by atoms with E-state index in [-0.39, 0.29) is 29.6 Å². The Bertz CT molecular complexity index is 942. The van der Waals surface area contributed by atoms with Crippen LogP contribution >= 0.6 is 11.6 Å². The normalized spacial score (nSPS) is 11.1. The number of nitriles is 1. The number of rotatable bonds is 4. The van der Waals surface area contributed by atoms with Crippen molar-refractivity contribution in [2.45, 2.75) is 32.8 Å². The van der Waals surface area contributed by atoms with Crippen LogP contribution in [-0.4, -0.2) is 33.4 Å². The minimum atomic E-state index is -1.05. The van der Waals surface area contributed by atoms with E-state index in [0.29, 0.717) is 17.0 Å².